The van der Waals surface area contributed by atoms with Crippen molar-refractivity contribution in [2.24, 2.45) is 4.99 Å². The second-order valence-corrected chi connectivity index (χ2v) is 7.67. The van der Waals surface area contributed by atoms with E-state index in [4.69, 9.17) is 0 Å². The van der Waals surface area contributed by atoms with E-state index in [2.05, 4.69) is 86.7 Å². The van der Waals surface area contributed by atoms with Gasteiger partial charge in [-0.25, -0.2) is 4.98 Å². The van der Waals surface area contributed by atoms with Crippen molar-refractivity contribution in [1.82, 2.24) is 20.5 Å². The minimum Gasteiger partial charge on any atom is -0.357 e. The van der Waals surface area contributed by atoms with Crippen LogP contribution in [0.1, 0.15) is 43.9 Å². The number of pyridine rings is 1. The van der Waals surface area contributed by atoms with Crippen molar-refractivity contribution in [3.63, 3.8) is 0 Å². The minimum atomic E-state index is 0.363. The molecule has 3 rings (SSSR count). The summed E-state index contributed by atoms with van der Waals surface area (Å²) in [6, 6.07) is 15.4. The molecule has 1 aromatic heterocycles. The summed E-state index contributed by atoms with van der Waals surface area (Å²) in [5.41, 5.74) is 2.51. The molecule has 1 saturated heterocycles. The monoisotopic (exact) mass is 408 g/mol. The molecule has 1 aliphatic rings. The van der Waals surface area contributed by atoms with Crippen LogP contribution in [0.2, 0.25) is 0 Å². The molecule has 162 valence electrons. The fraction of sp³-hybridized carbons (Fsp3) is 0.500. The van der Waals surface area contributed by atoms with Gasteiger partial charge in [-0.05, 0) is 57.0 Å². The third-order valence-corrected chi connectivity index (χ3v) is 5.81. The molecule has 0 spiro atoms. The minimum absolute atomic E-state index is 0.363. The summed E-state index contributed by atoms with van der Waals surface area (Å²) in [5.74, 6) is 1.85. The van der Waals surface area contributed by atoms with Crippen LogP contribution in [0.4, 0.5) is 5.82 Å². The maximum Gasteiger partial charge on any atom is 0.191 e. The molecule has 0 aliphatic carbocycles. The second-order valence-electron chi connectivity index (χ2n) is 7.67. The topological polar surface area (TPSA) is 55.8 Å². The molecule has 2 heterocycles. The number of anilines is 1. The Morgan fingerprint density at radius 3 is 2.40 bits per heavy atom. The highest BCUT2D eigenvalue weighted by atomic mass is 15.2. The van der Waals surface area contributed by atoms with Crippen LogP contribution >= 0.6 is 0 Å². The number of likely N-dealkylation sites (tertiary alicyclic amines) is 1. The zero-order valence-corrected chi connectivity index (χ0v) is 18.6. The third-order valence-electron chi connectivity index (χ3n) is 5.81. The maximum absolute atomic E-state index is 4.61. The number of aromatic nitrogens is 1. The first kappa shape index (κ1) is 22.1. The molecule has 6 nitrogen and oxygen atoms in total. The van der Waals surface area contributed by atoms with Crippen LogP contribution < -0.4 is 15.5 Å². The molecular formula is C24H36N6. The highest BCUT2D eigenvalue weighted by Gasteiger charge is 2.23. The Morgan fingerprint density at radius 2 is 1.80 bits per heavy atom. The maximum atomic E-state index is 4.61. The van der Waals surface area contributed by atoms with Gasteiger partial charge in [0.2, 0.25) is 0 Å². The molecule has 0 bridgehead atoms. The Balaban J connectivity index is 1.55. The quantitative estimate of drug-likeness (QED) is 0.492. The largest absolute Gasteiger partial charge is 0.357 e. The van der Waals surface area contributed by atoms with E-state index in [1.165, 1.54) is 18.4 Å². The molecule has 1 aromatic carbocycles. The predicted molar refractivity (Wildman–Crippen MR) is 126 cm³/mol. The van der Waals surface area contributed by atoms with Crippen molar-refractivity contribution in [3.8, 4) is 0 Å². The van der Waals surface area contributed by atoms with Gasteiger partial charge < -0.3 is 15.5 Å². The van der Waals surface area contributed by atoms with Crippen LogP contribution in [-0.2, 0) is 6.54 Å². The molecule has 6 heteroatoms. The summed E-state index contributed by atoms with van der Waals surface area (Å²) in [6.45, 7) is 10.1. The summed E-state index contributed by atoms with van der Waals surface area (Å²) < 4.78 is 0. The fourth-order valence-corrected chi connectivity index (χ4v) is 4.04. The van der Waals surface area contributed by atoms with E-state index < -0.39 is 0 Å². The van der Waals surface area contributed by atoms with Gasteiger partial charge in [-0.2, -0.15) is 0 Å². The Kier molecular flexibility index (Phi) is 8.51. The van der Waals surface area contributed by atoms with Gasteiger partial charge in [-0.3, -0.25) is 9.89 Å². The molecule has 30 heavy (non-hydrogen) atoms. The fourth-order valence-electron chi connectivity index (χ4n) is 4.04. The van der Waals surface area contributed by atoms with Crippen LogP contribution in [0.5, 0.6) is 0 Å². The molecule has 1 aliphatic heterocycles. The van der Waals surface area contributed by atoms with Gasteiger partial charge in [0.1, 0.15) is 5.82 Å². The predicted octanol–water partition coefficient (Wildman–Crippen LogP) is 3.43. The van der Waals surface area contributed by atoms with E-state index in [1.807, 2.05) is 13.2 Å². The van der Waals surface area contributed by atoms with Crippen LogP contribution in [0.3, 0.4) is 0 Å². The zero-order chi connectivity index (χ0) is 21.2. The average molecular weight is 409 g/mol. The van der Waals surface area contributed by atoms with Crippen LogP contribution in [0.15, 0.2) is 53.7 Å². The van der Waals surface area contributed by atoms with Crippen LogP contribution in [0, 0.1) is 0 Å². The normalized spacial score (nSPS) is 15.8. The lowest BCUT2D eigenvalue weighted by Crippen LogP contribution is -2.42. The zero-order valence-electron chi connectivity index (χ0n) is 18.6. The Hall–Kier alpha value is -2.60. The smallest absolute Gasteiger partial charge is 0.191 e. The average Bonchev–Trinajstić information content (AvgIpc) is 3.33. The van der Waals surface area contributed by atoms with Crippen LogP contribution in [-0.4, -0.2) is 55.6 Å². The van der Waals surface area contributed by atoms with Crippen molar-refractivity contribution in [1.29, 1.82) is 0 Å². The highest BCUT2D eigenvalue weighted by Crippen LogP contribution is 2.24. The Morgan fingerprint density at radius 1 is 1.07 bits per heavy atom. The molecule has 1 atom stereocenters. The van der Waals surface area contributed by atoms with E-state index in [0.29, 0.717) is 12.6 Å². The van der Waals surface area contributed by atoms with Gasteiger partial charge in [-0.1, -0.05) is 36.4 Å². The van der Waals surface area contributed by atoms with Crippen molar-refractivity contribution >= 4 is 11.8 Å². The number of hydrogen-bond acceptors (Lipinski definition) is 4. The number of rotatable bonds is 9. The molecule has 1 unspecified atom stereocenters. The molecule has 0 saturated carbocycles. The van der Waals surface area contributed by atoms with Gasteiger partial charge in [0.05, 0.1) is 6.04 Å². The lowest BCUT2D eigenvalue weighted by molar-refractivity contribution is 0.245. The summed E-state index contributed by atoms with van der Waals surface area (Å²) in [4.78, 5) is 13.8. The second kappa shape index (κ2) is 11.6. The first-order chi connectivity index (χ1) is 14.7. The van der Waals surface area contributed by atoms with Crippen LogP contribution in [0.25, 0.3) is 0 Å². The first-order valence-electron chi connectivity index (χ1n) is 11.2. The summed E-state index contributed by atoms with van der Waals surface area (Å²) in [7, 11) is 1.82. The van der Waals surface area contributed by atoms with E-state index in [1.54, 1.807) is 0 Å². The van der Waals surface area contributed by atoms with E-state index in [9.17, 15) is 0 Å². The molecule has 1 fully saturated rings. The number of nitrogens with zero attached hydrogens (tertiary/aromatic N) is 4. The Labute approximate surface area is 181 Å². The Bertz CT molecular complexity index is 764. The SMILES string of the molecule is CCN(CC)c1ccc(CNC(=NC)NCC(c2ccccc2)N2CCCC2)cn1. The van der Waals surface area contributed by atoms with E-state index in [0.717, 1.165) is 50.1 Å². The van der Waals surface area contributed by atoms with Crippen molar-refractivity contribution in [2.45, 2.75) is 39.3 Å². The summed E-state index contributed by atoms with van der Waals surface area (Å²) >= 11 is 0. The van der Waals surface area contributed by atoms with Gasteiger partial charge in [0.15, 0.2) is 5.96 Å². The van der Waals surface area contributed by atoms with Gasteiger partial charge >= 0.3 is 0 Å². The van der Waals surface area contributed by atoms with E-state index >= 15 is 0 Å². The molecule has 2 N–H and O–H groups in total. The van der Waals surface area contributed by atoms with Gasteiger partial charge in [0.25, 0.3) is 0 Å². The van der Waals surface area contributed by atoms with Crippen molar-refractivity contribution in [3.05, 3.63) is 59.8 Å². The third kappa shape index (κ3) is 5.95. The highest BCUT2D eigenvalue weighted by molar-refractivity contribution is 5.79. The van der Waals surface area contributed by atoms with Gasteiger partial charge in [-0.15, -0.1) is 0 Å². The van der Waals surface area contributed by atoms with Crippen molar-refractivity contribution < 1.29 is 0 Å². The first-order valence-corrected chi connectivity index (χ1v) is 11.2. The lowest BCUT2D eigenvalue weighted by atomic mass is 10.1. The number of nitrogens with one attached hydrogen (secondary N) is 2. The number of aliphatic imine (C=N–C) groups is 1. The summed E-state index contributed by atoms with van der Waals surface area (Å²) in [5, 5.41) is 6.96. The number of hydrogen-bond donors (Lipinski definition) is 2. The molecule has 0 radical (unpaired) electrons. The number of benzene rings is 1. The van der Waals surface area contributed by atoms with Gasteiger partial charge in [0, 0.05) is 39.4 Å². The number of guanidine groups is 1. The van der Waals surface area contributed by atoms with Crippen molar-refractivity contribution in [2.75, 3.05) is 44.7 Å². The van der Waals surface area contributed by atoms with E-state index in [-0.39, 0.29) is 0 Å². The lowest BCUT2D eigenvalue weighted by Gasteiger charge is -2.29. The summed E-state index contributed by atoms with van der Waals surface area (Å²) in [6.07, 6.45) is 4.52. The molecular weight excluding hydrogens is 372 g/mol. The standard InChI is InChI=1S/C24H36N6/c1-4-29(5-2)23-14-13-20(17-26-23)18-27-24(25-3)28-19-22(30-15-9-10-16-30)21-11-7-6-8-12-21/h6-8,11-14,17,22H,4-5,9-10,15-16,18-19H2,1-3H3,(H2,25,27,28). The molecule has 2 aromatic rings. The molecule has 0 amide bonds.